The van der Waals surface area contributed by atoms with Crippen LogP contribution in [0.4, 0.5) is 40.4 Å². The van der Waals surface area contributed by atoms with E-state index in [1.54, 1.807) is 18.2 Å². The van der Waals surface area contributed by atoms with E-state index in [-0.39, 0.29) is 23.1 Å². The quantitative estimate of drug-likeness (QED) is 0.130. The first-order valence-corrected chi connectivity index (χ1v) is 14.3. The Morgan fingerprint density at radius 3 is 2.21 bits per heavy atom. The van der Waals surface area contributed by atoms with Crippen molar-refractivity contribution in [2.24, 2.45) is 0 Å². The van der Waals surface area contributed by atoms with Gasteiger partial charge < -0.3 is 25.4 Å². The highest BCUT2D eigenvalue weighted by molar-refractivity contribution is 7.80. The number of rotatable bonds is 5. The highest BCUT2D eigenvalue weighted by Gasteiger charge is 2.38. The Morgan fingerprint density at radius 2 is 1.60 bits per heavy atom. The molecule has 0 atom stereocenters. The Kier molecular flexibility index (Phi) is 10.6. The number of halogens is 4. The minimum atomic E-state index is -4.73. The molecule has 9 nitrogen and oxygen atoms in total. The van der Waals surface area contributed by atoms with Gasteiger partial charge in [-0.3, -0.25) is 14.9 Å². The molecule has 43 heavy (non-hydrogen) atoms. The molecule has 2 aliphatic rings. The fraction of sp³-hybridized carbons (Fsp3) is 0.379. The number of H-pyrrole nitrogens is 1. The molecule has 1 aliphatic carbocycles. The van der Waals surface area contributed by atoms with E-state index in [0.29, 0.717) is 5.11 Å². The molecule has 0 radical (unpaired) electrons. The number of pyridine rings is 1. The number of hydrogen-bond acceptors (Lipinski definition) is 6. The Hall–Kier alpha value is -4.20. The molecule has 5 rings (SSSR count). The summed E-state index contributed by atoms with van der Waals surface area (Å²) in [5.74, 6) is 0.557. The van der Waals surface area contributed by atoms with E-state index >= 15 is 0 Å². The van der Waals surface area contributed by atoms with Gasteiger partial charge in [0.05, 0.1) is 4.92 Å². The van der Waals surface area contributed by atoms with Gasteiger partial charge in [-0.1, -0.05) is 25.3 Å². The van der Waals surface area contributed by atoms with Crippen LogP contribution in [-0.4, -0.2) is 52.1 Å². The number of nitrogens with zero attached hydrogens (tertiary/aromatic N) is 3. The molecule has 0 spiro atoms. The molecule has 2 heterocycles. The predicted octanol–water partition coefficient (Wildman–Crippen LogP) is 6.39. The van der Waals surface area contributed by atoms with E-state index in [1.165, 1.54) is 24.3 Å². The van der Waals surface area contributed by atoms with Crippen molar-refractivity contribution >= 4 is 40.2 Å². The lowest BCUT2D eigenvalue weighted by Gasteiger charge is -2.37. The lowest BCUT2D eigenvalue weighted by molar-refractivity contribution is -0.388. The number of thiocarbonyl (C=S) groups is 1. The zero-order valence-electron chi connectivity index (χ0n) is 23.2. The first kappa shape index (κ1) is 31.7. The lowest BCUT2D eigenvalue weighted by atomic mass is 9.95. The second-order valence-corrected chi connectivity index (χ2v) is 10.7. The maximum absolute atomic E-state index is 12.9. The number of anilines is 3. The van der Waals surface area contributed by atoms with Crippen molar-refractivity contribution in [3.63, 3.8) is 0 Å². The molecule has 2 aromatic carbocycles. The Morgan fingerprint density at radius 1 is 0.953 bits per heavy atom. The average molecular weight is 621 g/mol. The average Bonchev–Trinajstić information content (AvgIpc) is 2.99. The monoisotopic (exact) mass is 620 g/mol. The molecular formula is C29H32F4N6O3S. The van der Waals surface area contributed by atoms with Crippen LogP contribution in [0.3, 0.4) is 0 Å². The highest BCUT2D eigenvalue weighted by atomic mass is 32.1. The SMILES string of the molecule is O=[N+]([O-])c1ccc(NC2CCCCC2)cc1C(F)(F)F.O=c1cccc(N2CCN(C(=S)Nc3ccc(F)cc3)CC2)[nH]1. The topological polar surface area (TPSA) is 107 Å². The number of nitro benzene ring substituents is 1. The van der Waals surface area contributed by atoms with Gasteiger partial charge in [0.25, 0.3) is 5.69 Å². The van der Waals surface area contributed by atoms with Gasteiger partial charge in [0.2, 0.25) is 5.56 Å². The van der Waals surface area contributed by atoms with Gasteiger partial charge >= 0.3 is 6.18 Å². The Labute approximate surface area is 251 Å². The van der Waals surface area contributed by atoms with E-state index in [1.807, 2.05) is 6.07 Å². The van der Waals surface area contributed by atoms with Crippen LogP contribution in [0, 0.1) is 15.9 Å². The second-order valence-electron chi connectivity index (χ2n) is 10.3. The minimum Gasteiger partial charge on any atom is -0.382 e. The van der Waals surface area contributed by atoms with Gasteiger partial charge in [0.15, 0.2) is 5.11 Å². The van der Waals surface area contributed by atoms with Crippen LogP contribution in [0.25, 0.3) is 0 Å². The van der Waals surface area contributed by atoms with Crippen molar-refractivity contribution in [1.82, 2.24) is 9.88 Å². The van der Waals surface area contributed by atoms with E-state index in [4.69, 9.17) is 12.2 Å². The molecule has 1 aliphatic heterocycles. The Balaban J connectivity index is 0.000000199. The number of nitrogens with one attached hydrogen (secondary N) is 3. The summed E-state index contributed by atoms with van der Waals surface area (Å²) >= 11 is 5.41. The van der Waals surface area contributed by atoms with Crippen LogP contribution in [0.1, 0.15) is 37.7 Å². The molecule has 3 aromatic rings. The van der Waals surface area contributed by atoms with Gasteiger partial charge in [0, 0.05) is 55.7 Å². The third-order valence-corrected chi connectivity index (χ3v) is 7.59. The molecule has 0 bridgehead atoms. The standard InChI is InChI=1S/C16H17FN4OS.C13H15F3N2O2/c17-12-4-6-13(7-5-12)18-16(23)21-10-8-20(9-11-21)14-2-1-3-15(22)19-14;14-13(15,16)11-8-10(6-7-12(11)18(19)20)17-9-4-2-1-3-5-9/h1-7H,8-11H2,(H,18,23)(H,19,22);6-9,17H,1-5H2. The number of alkyl halides is 3. The van der Waals surface area contributed by atoms with Gasteiger partial charge in [-0.05, 0) is 67.5 Å². The number of piperazine rings is 1. The first-order valence-electron chi connectivity index (χ1n) is 13.9. The van der Waals surface area contributed by atoms with Crippen molar-refractivity contribution < 1.29 is 22.5 Å². The zero-order chi connectivity index (χ0) is 31.0. The fourth-order valence-corrected chi connectivity index (χ4v) is 5.30. The molecule has 0 unspecified atom stereocenters. The molecule has 230 valence electrons. The van der Waals surface area contributed by atoms with Crippen LogP contribution in [0.15, 0.2) is 65.5 Å². The zero-order valence-corrected chi connectivity index (χ0v) is 24.0. The maximum Gasteiger partial charge on any atom is 0.423 e. The van der Waals surface area contributed by atoms with E-state index in [2.05, 4.69) is 25.4 Å². The molecular weight excluding hydrogens is 588 g/mol. The summed E-state index contributed by atoms with van der Waals surface area (Å²) in [4.78, 5) is 28.1. The number of nitro groups is 1. The lowest BCUT2D eigenvalue weighted by Crippen LogP contribution is -2.50. The van der Waals surface area contributed by atoms with Gasteiger partial charge in [-0.25, -0.2) is 4.39 Å². The summed E-state index contributed by atoms with van der Waals surface area (Å²) in [6, 6.07) is 14.5. The number of hydrogen-bond donors (Lipinski definition) is 3. The summed E-state index contributed by atoms with van der Waals surface area (Å²) < 4.78 is 51.4. The smallest absolute Gasteiger partial charge is 0.382 e. The number of benzene rings is 2. The largest absolute Gasteiger partial charge is 0.423 e. The fourth-order valence-electron chi connectivity index (χ4n) is 5.00. The van der Waals surface area contributed by atoms with Crippen LogP contribution >= 0.6 is 12.2 Å². The van der Waals surface area contributed by atoms with Crippen molar-refractivity contribution in [2.45, 2.75) is 44.3 Å². The Bertz CT molecular complexity index is 1450. The number of aromatic amines is 1. The van der Waals surface area contributed by atoms with Crippen LogP contribution in [-0.2, 0) is 6.18 Å². The third-order valence-electron chi connectivity index (χ3n) is 7.23. The molecule has 1 aromatic heterocycles. The van der Waals surface area contributed by atoms with Crippen LogP contribution in [0.2, 0.25) is 0 Å². The van der Waals surface area contributed by atoms with Crippen LogP contribution < -0.4 is 21.1 Å². The van der Waals surface area contributed by atoms with Crippen molar-refractivity contribution in [2.75, 3.05) is 41.7 Å². The summed E-state index contributed by atoms with van der Waals surface area (Å²) in [6.07, 6.45) is 0.350. The van der Waals surface area contributed by atoms with E-state index < -0.39 is 22.4 Å². The molecule has 2 fully saturated rings. The second kappa shape index (κ2) is 14.3. The summed E-state index contributed by atoms with van der Waals surface area (Å²) in [5, 5.41) is 17.4. The van der Waals surface area contributed by atoms with E-state index in [9.17, 15) is 32.5 Å². The van der Waals surface area contributed by atoms with E-state index in [0.717, 1.165) is 81.9 Å². The van der Waals surface area contributed by atoms with Gasteiger partial charge in [0.1, 0.15) is 17.2 Å². The first-order chi connectivity index (χ1) is 20.5. The maximum atomic E-state index is 12.9. The molecule has 0 amide bonds. The minimum absolute atomic E-state index is 0.0987. The summed E-state index contributed by atoms with van der Waals surface area (Å²) in [6.45, 7) is 3.05. The molecule has 1 saturated heterocycles. The normalized spacial score (nSPS) is 15.7. The highest BCUT2D eigenvalue weighted by Crippen LogP contribution is 2.38. The van der Waals surface area contributed by atoms with Gasteiger partial charge in [-0.15, -0.1) is 0 Å². The van der Waals surface area contributed by atoms with Crippen molar-refractivity contribution in [3.8, 4) is 0 Å². The number of aromatic nitrogens is 1. The summed E-state index contributed by atoms with van der Waals surface area (Å²) in [5.41, 5.74) is -1.16. The molecule has 14 heteroatoms. The summed E-state index contributed by atoms with van der Waals surface area (Å²) in [7, 11) is 0. The van der Waals surface area contributed by atoms with Crippen molar-refractivity contribution in [3.05, 3.63) is 92.5 Å². The molecule has 3 N–H and O–H groups in total. The van der Waals surface area contributed by atoms with Gasteiger partial charge in [-0.2, -0.15) is 13.2 Å². The van der Waals surface area contributed by atoms with Crippen LogP contribution in [0.5, 0.6) is 0 Å². The predicted molar refractivity (Wildman–Crippen MR) is 162 cm³/mol. The third kappa shape index (κ3) is 9.14. The molecule has 1 saturated carbocycles. The van der Waals surface area contributed by atoms with Crippen molar-refractivity contribution in [1.29, 1.82) is 0 Å².